The van der Waals surface area contributed by atoms with Crippen molar-refractivity contribution in [3.8, 4) is 39.8 Å². The molecule has 0 spiro atoms. The van der Waals surface area contributed by atoms with Gasteiger partial charge in [-0.2, -0.15) is 5.10 Å². The van der Waals surface area contributed by atoms with Crippen LogP contribution in [0.3, 0.4) is 0 Å². The second kappa shape index (κ2) is 11.8. The fourth-order valence-electron chi connectivity index (χ4n) is 2.82. The first-order valence-corrected chi connectivity index (χ1v) is 9.75. The minimum atomic E-state index is -0.319. The van der Waals surface area contributed by atoms with Gasteiger partial charge in [0.25, 0.3) is 0 Å². The molecule has 5 rings (SSSR count). The van der Waals surface area contributed by atoms with Gasteiger partial charge in [-0.25, -0.2) is 0 Å². The average molecular weight is 619 g/mol. The number of rotatable bonds is 4. The van der Waals surface area contributed by atoms with Crippen LogP contribution in [0, 0.1) is 11.9 Å². The molecule has 2 aromatic carbocycles. The Kier molecular flexibility index (Phi) is 8.55. The standard InChI is InChI=1S/C14H10N3.C11H8FN2O.Pt/c1-2-6-11(7-3-1)13-10-14(17-16-13)12-8-4-5-9-15-12;1-15-11-7-6-10(13-14-11)8-2-4-9(12)5-3-8;/h1-10H;2,4-7H,1H3;/q2*-1;+2. The zero-order valence-electron chi connectivity index (χ0n) is 17.5. The number of aromatic nitrogens is 5. The van der Waals surface area contributed by atoms with E-state index in [2.05, 4.69) is 31.4 Å². The van der Waals surface area contributed by atoms with Crippen molar-refractivity contribution in [3.05, 3.63) is 103 Å². The van der Waals surface area contributed by atoms with Crippen molar-refractivity contribution in [2.45, 2.75) is 0 Å². The van der Waals surface area contributed by atoms with E-state index in [1.165, 1.54) is 19.2 Å². The number of methoxy groups -OCH3 is 1. The zero-order valence-corrected chi connectivity index (χ0v) is 19.8. The van der Waals surface area contributed by atoms with Gasteiger partial charge < -0.3 is 14.9 Å². The van der Waals surface area contributed by atoms with Crippen LogP contribution >= 0.6 is 0 Å². The smallest absolute Gasteiger partial charge is 0.573 e. The first kappa shape index (κ1) is 24.0. The average Bonchev–Trinajstić information content (AvgIpc) is 3.37. The molecule has 8 heteroatoms. The molecule has 3 aromatic heterocycles. The molecule has 0 saturated carbocycles. The summed E-state index contributed by atoms with van der Waals surface area (Å²) in [7, 11) is 1.52. The third-order valence-electron chi connectivity index (χ3n) is 4.44. The summed E-state index contributed by atoms with van der Waals surface area (Å²) in [4.78, 5) is 4.25. The Morgan fingerprint density at radius 2 is 1.67 bits per heavy atom. The second-order valence-corrected chi connectivity index (χ2v) is 6.58. The van der Waals surface area contributed by atoms with Crippen LogP contribution in [0.1, 0.15) is 0 Å². The molecular weight excluding hydrogens is 600 g/mol. The number of pyridine rings is 1. The maximum absolute atomic E-state index is 12.6. The summed E-state index contributed by atoms with van der Waals surface area (Å²) in [5, 5.41) is 16.1. The van der Waals surface area contributed by atoms with Crippen LogP contribution in [0.4, 0.5) is 4.39 Å². The minimum Gasteiger partial charge on any atom is -0.573 e. The molecule has 6 nitrogen and oxygen atoms in total. The third-order valence-corrected chi connectivity index (χ3v) is 4.44. The van der Waals surface area contributed by atoms with Gasteiger partial charge in [-0.05, 0) is 29.8 Å². The summed E-state index contributed by atoms with van der Waals surface area (Å²) < 4.78 is 17.5. The summed E-state index contributed by atoms with van der Waals surface area (Å²) in [6.45, 7) is 0. The van der Waals surface area contributed by atoms with E-state index in [0.717, 1.165) is 22.6 Å². The molecule has 0 atom stereocenters. The van der Waals surface area contributed by atoms with Gasteiger partial charge in [0.15, 0.2) is 0 Å². The SMILES string of the molecule is COc1ccc(-c2[c-]cc(F)cc2)nn1.[Pt+2].c1ccc(-c2cc(-c3ccccn3)[n-]n2)cc1. The van der Waals surface area contributed by atoms with E-state index in [1.807, 2.05) is 54.6 Å². The molecule has 33 heavy (non-hydrogen) atoms. The first-order valence-electron chi connectivity index (χ1n) is 9.75. The first-order chi connectivity index (χ1) is 15.7. The molecule has 0 aliphatic carbocycles. The van der Waals surface area contributed by atoms with E-state index in [-0.39, 0.29) is 26.9 Å². The fraction of sp³-hybridized carbons (Fsp3) is 0.0400. The number of nitrogens with zero attached hydrogens (tertiary/aromatic N) is 5. The number of halogens is 1. The van der Waals surface area contributed by atoms with Gasteiger partial charge in [0.1, 0.15) is 0 Å². The van der Waals surface area contributed by atoms with E-state index < -0.39 is 0 Å². The maximum atomic E-state index is 12.6. The van der Waals surface area contributed by atoms with Gasteiger partial charge in [-0.3, -0.25) is 9.37 Å². The van der Waals surface area contributed by atoms with Gasteiger partial charge in [0.05, 0.1) is 7.11 Å². The molecule has 0 radical (unpaired) electrons. The molecule has 0 N–H and O–H groups in total. The van der Waals surface area contributed by atoms with Gasteiger partial charge in [-0.15, -0.1) is 34.9 Å². The van der Waals surface area contributed by atoms with Crippen molar-refractivity contribution in [2.24, 2.45) is 0 Å². The Hall–Kier alpha value is -3.70. The molecule has 0 amide bonds. The van der Waals surface area contributed by atoms with Crippen LogP contribution in [0.25, 0.3) is 33.9 Å². The summed E-state index contributed by atoms with van der Waals surface area (Å²) in [5.41, 5.74) is 4.95. The van der Waals surface area contributed by atoms with E-state index >= 15 is 0 Å². The summed E-state index contributed by atoms with van der Waals surface area (Å²) in [6.07, 6.45) is 1.76. The summed E-state index contributed by atoms with van der Waals surface area (Å²) in [5.74, 6) is 0.126. The monoisotopic (exact) mass is 618 g/mol. The Labute approximate surface area is 205 Å². The second-order valence-electron chi connectivity index (χ2n) is 6.58. The predicted molar refractivity (Wildman–Crippen MR) is 119 cm³/mol. The van der Waals surface area contributed by atoms with Crippen molar-refractivity contribution in [1.82, 2.24) is 25.4 Å². The fourth-order valence-corrected chi connectivity index (χ4v) is 2.82. The van der Waals surface area contributed by atoms with Gasteiger partial charge in [0.2, 0.25) is 5.88 Å². The van der Waals surface area contributed by atoms with E-state index in [1.54, 1.807) is 24.4 Å². The molecule has 166 valence electrons. The van der Waals surface area contributed by atoms with Gasteiger partial charge in [0, 0.05) is 29.1 Å². The normalized spacial score (nSPS) is 9.88. The summed E-state index contributed by atoms with van der Waals surface area (Å²) in [6, 6.07) is 28.2. The molecule has 3 heterocycles. The van der Waals surface area contributed by atoms with Crippen LogP contribution in [0.15, 0.2) is 91.1 Å². The number of ether oxygens (including phenoxy) is 1. The number of hydrogen-bond acceptors (Lipinski definition) is 5. The predicted octanol–water partition coefficient (Wildman–Crippen LogP) is 4.86. The number of hydrogen-bond donors (Lipinski definition) is 0. The van der Waals surface area contributed by atoms with Crippen molar-refractivity contribution < 1.29 is 30.2 Å². The van der Waals surface area contributed by atoms with Crippen molar-refractivity contribution in [3.63, 3.8) is 0 Å². The Balaban J connectivity index is 0.000000182. The topological polar surface area (TPSA) is 74.9 Å². The minimum absolute atomic E-state index is 0. The molecule has 0 aliphatic rings. The van der Waals surface area contributed by atoms with Crippen molar-refractivity contribution in [1.29, 1.82) is 0 Å². The molecule has 0 bridgehead atoms. The molecule has 0 fully saturated rings. The largest absolute Gasteiger partial charge is 2.00 e. The maximum Gasteiger partial charge on any atom is 2.00 e. The van der Waals surface area contributed by atoms with Crippen LogP contribution < -0.4 is 9.84 Å². The van der Waals surface area contributed by atoms with Gasteiger partial charge in [-0.1, -0.05) is 48.2 Å². The quantitative estimate of drug-likeness (QED) is 0.268. The molecule has 0 aliphatic heterocycles. The Bertz CT molecular complexity index is 1190. The van der Waals surface area contributed by atoms with Crippen molar-refractivity contribution >= 4 is 0 Å². The zero-order chi connectivity index (χ0) is 22.2. The number of benzene rings is 2. The van der Waals surface area contributed by atoms with Gasteiger partial charge >= 0.3 is 21.1 Å². The third kappa shape index (κ3) is 6.40. The van der Waals surface area contributed by atoms with Crippen LogP contribution in [-0.4, -0.2) is 27.4 Å². The van der Waals surface area contributed by atoms with E-state index in [4.69, 9.17) is 4.74 Å². The van der Waals surface area contributed by atoms with E-state index in [9.17, 15) is 4.39 Å². The summed E-state index contributed by atoms with van der Waals surface area (Å²) >= 11 is 0. The molecule has 0 saturated heterocycles. The Morgan fingerprint density at radius 1 is 0.848 bits per heavy atom. The van der Waals surface area contributed by atoms with Crippen LogP contribution in [0.5, 0.6) is 5.88 Å². The molecule has 0 unspecified atom stereocenters. The van der Waals surface area contributed by atoms with Crippen LogP contribution in [-0.2, 0) is 21.1 Å². The van der Waals surface area contributed by atoms with E-state index in [0.29, 0.717) is 17.1 Å². The molecular formula is C25H18FN5OPt. The molecule has 5 aromatic rings. The Morgan fingerprint density at radius 3 is 2.30 bits per heavy atom. The van der Waals surface area contributed by atoms with Crippen LogP contribution in [0.2, 0.25) is 0 Å². The van der Waals surface area contributed by atoms with Crippen molar-refractivity contribution in [2.75, 3.05) is 7.11 Å².